The molecule has 168 valence electrons. The summed E-state index contributed by atoms with van der Waals surface area (Å²) < 4.78 is 5.18. The highest BCUT2D eigenvalue weighted by Gasteiger charge is 2.12. The molecule has 0 bridgehead atoms. The fraction of sp³-hybridized carbons (Fsp3) is 0.571. The van der Waals surface area contributed by atoms with Gasteiger partial charge in [-0.05, 0) is 58.4 Å². The number of methoxy groups -OCH3 is 1. The predicted octanol–water partition coefficient (Wildman–Crippen LogP) is 3.27. The summed E-state index contributed by atoms with van der Waals surface area (Å²) in [6.45, 7) is 11.4. The summed E-state index contributed by atoms with van der Waals surface area (Å²) >= 11 is 0. The molecule has 0 unspecified atom stereocenters. The molecule has 1 aromatic carbocycles. The van der Waals surface area contributed by atoms with Crippen molar-refractivity contribution in [2.75, 3.05) is 27.2 Å². The molecule has 8 nitrogen and oxygen atoms in total. The molecule has 1 heterocycles. The van der Waals surface area contributed by atoms with E-state index in [0.29, 0.717) is 24.5 Å². The third kappa shape index (κ3) is 8.10. The first-order chi connectivity index (χ1) is 13.9. The molecular weight excluding hydrogens is 493 g/mol. The lowest BCUT2D eigenvalue weighted by molar-refractivity contribution is 0.173. The molecular formula is C21H36IN7O. The smallest absolute Gasteiger partial charge is 0.191 e. The number of guanidine groups is 1. The van der Waals surface area contributed by atoms with Gasteiger partial charge in [0.25, 0.3) is 0 Å². The SMILES string of the molecule is CN=C(NCCCN(C(C)C)C(C)C)NCc1nc(-c2ccc(OC)cc2)n[nH]1.I. The van der Waals surface area contributed by atoms with Crippen molar-refractivity contribution in [3.63, 3.8) is 0 Å². The third-order valence-electron chi connectivity index (χ3n) is 4.74. The Kier molecular flexibility index (Phi) is 11.7. The molecule has 0 aliphatic heterocycles. The van der Waals surface area contributed by atoms with Gasteiger partial charge in [0, 0.05) is 37.8 Å². The van der Waals surface area contributed by atoms with Crippen LogP contribution in [-0.2, 0) is 6.54 Å². The minimum atomic E-state index is 0. The molecule has 0 saturated carbocycles. The summed E-state index contributed by atoms with van der Waals surface area (Å²) in [4.78, 5) is 11.3. The van der Waals surface area contributed by atoms with Crippen LogP contribution in [0.1, 0.15) is 39.9 Å². The average molecular weight is 529 g/mol. The summed E-state index contributed by atoms with van der Waals surface area (Å²) in [6.07, 6.45) is 1.06. The summed E-state index contributed by atoms with van der Waals surface area (Å²) in [5, 5.41) is 13.9. The second kappa shape index (κ2) is 13.4. The van der Waals surface area contributed by atoms with Gasteiger partial charge in [-0.3, -0.25) is 15.0 Å². The van der Waals surface area contributed by atoms with Crippen molar-refractivity contribution in [3.05, 3.63) is 30.1 Å². The number of benzene rings is 1. The van der Waals surface area contributed by atoms with Gasteiger partial charge in [0.2, 0.25) is 0 Å². The quantitative estimate of drug-likeness (QED) is 0.190. The van der Waals surface area contributed by atoms with Gasteiger partial charge in [-0.1, -0.05) is 0 Å². The lowest BCUT2D eigenvalue weighted by Gasteiger charge is -2.30. The van der Waals surface area contributed by atoms with Gasteiger partial charge in [-0.15, -0.1) is 24.0 Å². The number of hydrogen-bond acceptors (Lipinski definition) is 5. The largest absolute Gasteiger partial charge is 0.497 e. The number of rotatable bonds is 10. The van der Waals surface area contributed by atoms with E-state index in [1.165, 1.54) is 0 Å². The molecule has 0 atom stereocenters. The summed E-state index contributed by atoms with van der Waals surface area (Å²) in [5.41, 5.74) is 0.940. The molecule has 0 aliphatic rings. The van der Waals surface area contributed by atoms with E-state index in [1.807, 2.05) is 24.3 Å². The highest BCUT2D eigenvalue weighted by Crippen LogP contribution is 2.18. The number of halogens is 1. The molecule has 0 aliphatic carbocycles. The monoisotopic (exact) mass is 529 g/mol. The second-order valence-electron chi connectivity index (χ2n) is 7.47. The molecule has 9 heteroatoms. The van der Waals surface area contributed by atoms with Crippen molar-refractivity contribution in [3.8, 4) is 17.1 Å². The Bertz CT molecular complexity index is 751. The average Bonchev–Trinajstić information content (AvgIpc) is 3.18. The van der Waals surface area contributed by atoms with E-state index in [1.54, 1.807) is 14.2 Å². The fourth-order valence-corrected chi connectivity index (χ4v) is 3.21. The number of H-pyrrole nitrogens is 1. The second-order valence-corrected chi connectivity index (χ2v) is 7.47. The lowest BCUT2D eigenvalue weighted by atomic mass is 10.2. The van der Waals surface area contributed by atoms with Gasteiger partial charge in [0.1, 0.15) is 11.6 Å². The Morgan fingerprint density at radius 2 is 1.80 bits per heavy atom. The Morgan fingerprint density at radius 1 is 1.13 bits per heavy atom. The van der Waals surface area contributed by atoms with Crippen molar-refractivity contribution in [2.45, 2.75) is 52.7 Å². The van der Waals surface area contributed by atoms with Crippen molar-refractivity contribution in [2.24, 2.45) is 4.99 Å². The van der Waals surface area contributed by atoms with Crippen LogP contribution in [0, 0.1) is 0 Å². The summed E-state index contributed by atoms with van der Waals surface area (Å²) in [5.74, 6) is 2.98. The van der Waals surface area contributed by atoms with Crippen LogP contribution in [-0.4, -0.2) is 65.4 Å². The highest BCUT2D eigenvalue weighted by atomic mass is 127. The van der Waals surface area contributed by atoms with E-state index in [4.69, 9.17) is 4.74 Å². The van der Waals surface area contributed by atoms with Gasteiger partial charge >= 0.3 is 0 Å². The minimum Gasteiger partial charge on any atom is -0.497 e. The van der Waals surface area contributed by atoms with Crippen molar-refractivity contribution in [1.82, 2.24) is 30.7 Å². The molecule has 1 aromatic heterocycles. The molecule has 0 spiro atoms. The van der Waals surface area contributed by atoms with E-state index in [0.717, 1.165) is 42.6 Å². The van der Waals surface area contributed by atoms with Crippen LogP contribution in [0.5, 0.6) is 5.75 Å². The number of nitrogens with zero attached hydrogens (tertiary/aromatic N) is 4. The number of nitrogens with one attached hydrogen (secondary N) is 3. The van der Waals surface area contributed by atoms with E-state index in [2.05, 4.69) is 63.4 Å². The topological polar surface area (TPSA) is 90.5 Å². The molecule has 3 N–H and O–H groups in total. The third-order valence-corrected chi connectivity index (χ3v) is 4.74. The summed E-state index contributed by atoms with van der Waals surface area (Å²) in [7, 11) is 3.42. The summed E-state index contributed by atoms with van der Waals surface area (Å²) in [6, 6.07) is 8.79. The molecule has 2 aromatic rings. The maximum atomic E-state index is 5.18. The zero-order chi connectivity index (χ0) is 21.2. The molecule has 0 radical (unpaired) electrons. The molecule has 30 heavy (non-hydrogen) atoms. The maximum absolute atomic E-state index is 5.18. The van der Waals surface area contributed by atoms with E-state index in [9.17, 15) is 0 Å². The first-order valence-electron chi connectivity index (χ1n) is 10.2. The van der Waals surface area contributed by atoms with Crippen LogP contribution < -0.4 is 15.4 Å². The van der Waals surface area contributed by atoms with Crippen LogP contribution in [0.2, 0.25) is 0 Å². The van der Waals surface area contributed by atoms with Crippen molar-refractivity contribution < 1.29 is 4.74 Å². The number of ether oxygens (including phenoxy) is 1. The minimum absolute atomic E-state index is 0. The number of aromatic nitrogens is 3. The van der Waals surface area contributed by atoms with Crippen molar-refractivity contribution in [1.29, 1.82) is 0 Å². The Hall–Kier alpha value is -1.88. The Labute approximate surface area is 197 Å². The lowest BCUT2D eigenvalue weighted by Crippen LogP contribution is -2.41. The standard InChI is InChI=1S/C21H35N7O.HI/c1-15(2)28(16(3)4)13-7-12-23-21(22-5)24-14-19-25-20(27-26-19)17-8-10-18(29-6)11-9-17;/h8-11,15-16H,7,12-14H2,1-6H3,(H2,22,23,24)(H,25,26,27);1H. The van der Waals surface area contributed by atoms with Crippen LogP contribution >= 0.6 is 24.0 Å². The molecule has 2 rings (SSSR count). The van der Waals surface area contributed by atoms with E-state index in [-0.39, 0.29) is 24.0 Å². The molecule has 0 fully saturated rings. The fourth-order valence-electron chi connectivity index (χ4n) is 3.21. The molecule has 0 amide bonds. The van der Waals surface area contributed by atoms with E-state index < -0.39 is 0 Å². The normalized spacial score (nSPS) is 11.7. The van der Waals surface area contributed by atoms with Gasteiger partial charge < -0.3 is 15.4 Å². The van der Waals surface area contributed by atoms with Gasteiger partial charge in [-0.25, -0.2) is 4.98 Å². The predicted molar refractivity (Wildman–Crippen MR) is 134 cm³/mol. The first kappa shape index (κ1) is 26.2. The van der Waals surface area contributed by atoms with Gasteiger partial charge in [-0.2, -0.15) is 5.10 Å². The highest BCUT2D eigenvalue weighted by molar-refractivity contribution is 14.0. The number of aliphatic imine (C=N–C) groups is 1. The van der Waals surface area contributed by atoms with Crippen LogP contribution in [0.25, 0.3) is 11.4 Å². The Morgan fingerprint density at radius 3 is 2.37 bits per heavy atom. The number of hydrogen-bond donors (Lipinski definition) is 3. The van der Waals surface area contributed by atoms with Crippen LogP contribution in [0.15, 0.2) is 29.3 Å². The van der Waals surface area contributed by atoms with Crippen molar-refractivity contribution >= 4 is 29.9 Å². The first-order valence-corrected chi connectivity index (χ1v) is 10.2. The zero-order valence-corrected chi connectivity index (χ0v) is 21.2. The van der Waals surface area contributed by atoms with Crippen LogP contribution in [0.3, 0.4) is 0 Å². The maximum Gasteiger partial charge on any atom is 0.191 e. The van der Waals surface area contributed by atoms with E-state index >= 15 is 0 Å². The van der Waals surface area contributed by atoms with Gasteiger partial charge in [0.05, 0.1) is 13.7 Å². The van der Waals surface area contributed by atoms with Crippen LogP contribution in [0.4, 0.5) is 0 Å². The van der Waals surface area contributed by atoms with Gasteiger partial charge in [0.15, 0.2) is 11.8 Å². The number of aromatic amines is 1. The zero-order valence-electron chi connectivity index (χ0n) is 18.9. The Balaban J connectivity index is 0.00000450. The molecule has 0 saturated heterocycles.